The molecule has 1 aromatic rings. The third kappa shape index (κ3) is 2.48. The molecule has 0 N–H and O–H groups in total. The molecule has 0 heterocycles. The number of methoxy groups -OCH3 is 1. The van der Waals surface area contributed by atoms with Gasteiger partial charge in [-0.25, -0.2) is 4.39 Å². The van der Waals surface area contributed by atoms with Crippen molar-refractivity contribution in [2.45, 2.75) is 0 Å². The lowest BCUT2D eigenvalue weighted by Gasteiger charge is -1.96. The van der Waals surface area contributed by atoms with Gasteiger partial charge in [-0.2, -0.15) is 0 Å². The fourth-order valence-electron chi connectivity index (χ4n) is 0.784. The first-order valence-electron chi connectivity index (χ1n) is 3.38. The zero-order chi connectivity index (χ0) is 8.97. The Bertz CT molecular complexity index is 297. The molecule has 1 nitrogen and oxygen atoms in total. The summed E-state index contributed by atoms with van der Waals surface area (Å²) in [6.07, 6.45) is 3.05. The van der Waals surface area contributed by atoms with E-state index < -0.39 is 0 Å². The van der Waals surface area contributed by atoms with Crippen LogP contribution in [-0.2, 0) is 4.74 Å². The maximum absolute atomic E-state index is 13.0. The molecule has 12 heavy (non-hydrogen) atoms. The first kappa shape index (κ1) is 9.51. The van der Waals surface area contributed by atoms with Crippen LogP contribution in [0.25, 0.3) is 6.08 Å². The standard InChI is InChI=1S/C9H8FIO/c1-12-5-4-7-6-8(11)2-3-9(7)10/h2-6H,1H3. The highest BCUT2D eigenvalue weighted by Crippen LogP contribution is 2.13. The van der Waals surface area contributed by atoms with Gasteiger partial charge in [0.1, 0.15) is 5.82 Å². The molecule has 0 aliphatic carbocycles. The lowest BCUT2D eigenvalue weighted by Crippen LogP contribution is -1.82. The van der Waals surface area contributed by atoms with Crippen molar-refractivity contribution < 1.29 is 9.13 Å². The topological polar surface area (TPSA) is 9.23 Å². The number of ether oxygens (including phenoxy) is 1. The van der Waals surface area contributed by atoms with Gasteiger partial charge in [-0.3, -0.25) is 0 Å². The Hall–Kier alpha value is -0.580. The van der Waals surface area contributed by atoms with Crippen LogP contribution in [0, 0.1) is 9.39 Å². The minimum Gasteiger partial charge on any atom is -0.504 e. The molecule has 0 saturated heterocycles. The zero-order valence-electron chi connectivity index (χ0n) is 6.55. The molecule has 3 heteroatoms. The van der Waals surface area contributed by atoms with Crippen molar-refractivity contribution in [1.29, 1.82) is 0 Å². The van der Waals surface area contributed by atoms with Gasteiger partial charge in [-0.1, -0.05) is 0 Å². The average molecular weight is 278 g/mol. The molecular formula is C9H8FIO. The van der Waals surface area contributed by atoms with Crippen LogP contribution in [0.3, 0.4) is 0 Å². The third-order valence-electron chi connectivity index (χ3n) is 1.34. The van der Waals surface area contributed by atoms with E-state index in [1.807, 2.05) is 0 Å². The predicted molar refractivity (Wildman–Crippen MR) is 55.2 cm³/mol. The smallest absolute Gasteiger partial charge is 0.130 e. The van der Waals surface area contributed by atoms with Crippen LogP contribution in [0.1, 0.15) is 5.56 Å². The molecule has 0 spiro atoms. The van der Waals surface area contributed by atoms with Crippen LogP contribution in [0.5, 0.6) is 0 Å². The van der Waals surface area contributed by atoms with Gasteiger partial charge in [0, 0.05) is 9.13 Å². The quantitative estimate of drug-likeness (QED) is 0.596. The van der Waals surface area contributed by atoms with Gasteiger partial charge >= 0.3 is 0 Å². The molecule has 0 unspecified atom stereocenters. The Morgan fingerprint density at radius 1 is 1.50 bits per heavy atom. The second-order valence-electron chi connectivity index (χ2n) is 2.20. The van der Waals surface area contributed by atoms with Crippen molar-refractivity contribution >= 4 is 28.7 Å². The van der Waals surface area contributed by atoms with E-state index in [1.54, 1.807) is 18.2 Å². The predicted octanol–water partition coefficient (Wildman–Crippen LogP) is 3.05. The highest BCUT2D eigenvalue weighted by molar-refractivity contribution is 14.1. The van der Waals surface area contributed by atoms with E-state index in [0.717, 1.165) is 3.57 Å². The summed E-state index contributed by atoms with van der Waals surface area (Å²) < 4.78 is 18.7. The molecule has 0 saturated carbocycles. The fourth-order valence-corrected chi connectivity index (χ4v) is 1.30. The minimum atomic E-state index is -0.233. The fraction of sp³-hybridized carbons (Fsp3) is 0.111. The van der Waals surface area contributed by atoms with E-state index in [2.05, 4.69) is 22.6 Å². The average Bonchev–Trinajstić information content (AvgIpc) is 2.07. The SMILES string of the molecule is COC=Cc1cc(I)ccc1F. The van der Waals surface area contributed by atoms with Gasteiger partial charge in [0.15, 0.2) is 0 Å². The van der Waals surface area contributed by atoms with Gasteiger partial charge in [-0.05, 0) is 46.9 Å². The van der Waals surface area contributed by atoms with Gasteiger partial charge in [0.2, 0.25) is 0 Å². The summed E-state index contributed by atoms with van der Waals surface area (Å²) in [6, 6.07) is 4.92. The molecule has 1 rings (SSSR count). The second-order valence-corrected chi connectivity index (χ2v) is 3.45. The Balaban J connectivity index is 2.97. The van der Waals surface area contributed by atoms with Gasteiger partial charge in [0.05, 0.1) is 13.4 Å². The van der Waals surface area contributed by atoms with Gasteiger partial charge in [-0.15, -0.1) is 0 Å². The van der Waals surface area contributed by atoms with Crippen molar-refractivity contribution in [2.24, 2.45) is 0 Å². The number of benzene rings is 1. The Labute approximate surface area is 84.4 Å². The summed E-state index contributed by atoms with van der Waals surface area (Å²) in [4.78, 5) is 0. The number of halogens is 2. The van der Waals surface area contributed by atoms with E-state index in [9.17, 15) is 4.39 Å². The molecule has 0 aliphatic rings. The first-order valence-corrected chi connectivity index (χ1v) is 4.46. The lowest BCUT2D eigenvalue weighted by atomic mass is 10.2. The van der Waals surface area contributed by atoms with Gasteiger partial charge in [0.25, 0.3) is 0 Å². The number of hydrogen-bond donors (Lipinski definition) is 0. The molecule has 0 atom stereocenters. The Morgan fingerprint density at radius 2 is 2.25 bits per heavy atom. The minimum absolute atomic E-state index is 0.233. The molecule has 0 aromatic heterocycles. The van der Waals surface area contributed by atoms with Crippen LogP contribution >= 0.6 is 22.6 Å². The number of hydrogen-bond acceptors (Lipinski definition) is 1. The van der Waals surface area contributed by atoms with E-state index in [-0.39, 0.29) is 5.82 Å². The highest BCUT2D eigenvalue weighted by atomic mass is 127. The molecule has 1 aromatic carbocycles. The van der Waals surface area contributed by atoms with Crippen LogP contribution in [0.15, 0.2) is 24.5 Å². The van der Waals surface area contributed by atoms with Crippen molar-refractivity contribution in [3.8, 4) is 0 Å². The zero-order valence-corrected chi connectivity index (χ0v) is 8.71. The molecule has 0 radical (unpaired) electrons. The highest BCUT2D eigenvalue weighted by Gasteiger charge is 1.97. The monoisotopic (exact) mass is 278 g/mol. The normalized spacial score (nSPS) is 10.6. The van der Waals surface area contributed by atoms with E-state index >= 15 is 0 Å². The largest absolute Gasteiger partial charge is 0.504 e. The molecule has 0 aliphatic heterocycles. The Morgan fingerprint density at radius 3 is 2.92 bits per heavy atom. The van der Waals surface area contributed by atoms with Crippen molar-refractivity contribution in [2.75, 3.05) is 7.11 Å². The van der Waals surface area contributed by atoms with Crippen molar-refractivity contribution in [1.82, 2.24) is 0 Å². The summed E-state index contributed by atoms with van der Waals surface area (Å²) in [5.74, 6) is -0.233. The van der Waals surface area contributed by atoms with Crippen molar-refractivity contribution in [3.63, 3.8) is 0 Å². The first-order chi connectivity index (χ1) is 5.74. The van der Waals surface area contributed by atoms with Crippen LogP contribution in [0.2, 0.25) is 0 Å². The van der Waals surface area contributed by atoms with Crippen LogP contribution in [-0.4, -0.2) is 7.11 Å². The second kappa shape index (κ2) is 4.45. The molecular weight excluding hydrogens is 270 g/mol. The summed E-state index contributed by atoms with van der Waals surface area (Å²) in [6.45, 7) is 0. The molecule has 0 bridgehead atoms. The van der Waals surface area contributed by atoms with Crippen LogP contribution in [0.4, 0.5) is 4.39 Å². The van der Waals surface area contributed by atoms with Crippen LogP contribution < -0.4 is 0 Å². The maximum Gasteiger partial charge on any atom is 0.130 e. The summed E-state index contributed by atoms with van der Waals surface area (Å²) >= 11 is 2.13. The molecule has 0 amide bonds. The van der Waals surface area contributed by atoms with Gasteiger partial charge < -0.3 is 4.74 Å². The third-order valence-corrected chi connectivity index (χ3v) is 2.01. The lowest BCUT2D eigenvalue weighted by molar-refractivity contribution is 0.341. The summed E-state index contributed by atoms with van der Waals surface area (Å²) in [7, 11) is 1.53. The summed E-state index contributed by atoms with van der Waals surface area (Å²) in [5.41, 5.74) is 0.545. The van der Waals surface area contributed by atoms with E-state index in [4.69, 9.17) is 4.74 Å². The molecule has 0 fully saturated rings. The Kier molecular flexibility index (Phi) is 3.52. The summed E-state index contributed by atoms with van der Waals surface area (Å²) in [5, 5.41) is 0. The van der Waals surface area contributed by atoms with E-state index in [0.29, 0.717) is 5.56 Å². The van der Waals surface area contributed by atoms with E-state index in [1.165, 1.54) is 19.4 Å². The number of rotatable bonds is 2. The molecule has 64 valence electrons. The van der Waals surface area contributed by atoms with Crippen molar-refractivity contribution in [3.05, 3.63) is 39.4 Å². The maximum atomic E-state index is 13.0.